The van der Waals surface area contributed by atoms with Gasteiger partial charge in [-0.2, -0.15) is 4.99 Å². The molecule has 12 heteroatoms. The van der Waals surface area contributed by atoms with Gasteiger partial charge >= 0.3 is 0 Å². The lowest BCUT2D eigenvalue weighted by molar-refractivity contribution is -0.115. The summed E-state index contributed by atoms with van der Waals surface area (Å²) in [7, 11) is -2.54. The number of methoxy groups -OCH3 is 1. The van der Waals surface area contributed by atoms with Crippen LogP contribution in [0.3, 0.4) is 0 Å². The van der Waals surface area contributed by atoms with Crippen LogP contribution in [0.4, 0.5) is 5.13 Å². The summed E-state index contributed by atoms with van der Waals surface area (Å²) in [5.74, 6) is -0.339. The average molecular weight is 541 g/mol. The number of terminal acetylenes is 1. The molecule has 0 radical (unpaired) electrons. The van der Waals surface area contributed by atoms with Gasteiger partial charge in [-0.25, -0.2) is 13.4 Å². The van der Waals surface area contributed by atoms with Crippen LogP contribution in [0.5, 0.6) is 5.75 Å². The molecule has 4 rings (SSSR count). The second kappa shape index (κ2) is 10.9. The van der Waals surface area contributed by atoms with E-state index in [-0.39, 0.29) is 16.5 Å². The van der Waals surface area contributed by atoms with Gasteiger partial charge in [0.25, 0.3) is 5.91 Å². The molecule has 0 aliphatic heterocycles. The van der Waals surface area contributed by atoms with Crippen molar-refractivity contribution in [1.82, 2.24) is 9.55 Å². The van der Waals surface area contributed by atoms with Crippen molar-refractivity contribution in [1.29, 1.82) is 0 Å². The fraction of sp³-hybridized carbons (Fsp3) is 0.167. The molecular weight excluding hydrogens is 520 g/mol. The molecule has 2 aromatic carbocycles. The summed E-state index contributed by atoms with van der Waals surface area (Å²) >= 11 is 2.36. The molecule has 0 unspecified atom stereocenters. The molecule has 184 valence electrons. The van der Waals surface area contributed by atoms with Crippen molar-refractivity contribution in [3.05, 3.63) is 58.7 Å². The van der Waals surface area contributed by atoms with E-state index in [4.69, 9.17) is 11.2 Å². The molecular formula is C24H20N4O5S3. The van der Waals surface area contributed by atoms with Crippen molar-refractivity contribution in [2.45, 2.75) is 6.54 Å². The topological polar surface area (TPSA) is 120 Å². The maximum atomic E-state index is 12.5. The lowest BCUT2D eigenvalue weighted by atomic mass is 10.2. The number of anilines is 1. The third-order valence-corrected chi connectivity index (χ3v) is 8.06. The average Bonchev–Trinajstić information content (AvgIpc) is 3.43. The molecule has 2 aromatic heterocycles. The quantitative estimate of drug-likeness (QED) is 0.343. The molecule has 0 bridgehead atoms. The van der Waals surface area contributed by atoms with E-state index in [2.05, 4.69) is 21.2 Å². The first-order valence-corrected chi connectivity index (χ1v) is 14.0. The molecule has 0 saturated carbocycles. The van der Waals surface area contributed by atoms with Crippen LogP contribution in [-0.4, -0.2) is 48.4 Å². The van der Waals surface area contributed by atoms with Crippen LogP contribution in [0.25, 0.3) is 21.5 Å². The van der Waals surface area contributed by atoms with Crippen molar-refractivity contribution in [3.8, 4) is 29.4 Å². The van der Waals surface area contributed by atoms with Crippen molar-refractivity contribution in [2.24, 2.45) is 4.99 Å². The van der Waals surface area contributed by atoms with Gasteiger partial charge in [-0.15, -0.1) is 17.8 Å². The minimum Gasteiger partial charge on any atom is -0.497 e. The van der Waals surface area contributed by atoms with E-state index in [0.717, 1.165) is 15.8 Å². The van der Waals surface area contributed by atoms with Crippen LogP contribution >= 0.6 is 22.7 Å². The van der Waals surface area contributed by atoms with E-state index < -0.39 is 33.2 Å². The molecule has 0 atom stereocenters. The van der Waals surface area contributed by atoms with Crippen LogP contribution < -0.4 is 14.9 Å². The van der Waals surface area contributed by atoms with Gasteiger partial charge in [0.05, 0.1) is 29.6 Å². The number of amides is 2. The number of fused-ring (bicyclic) bond motifs is 1. The Hall–Kier alpha value is -3.79. The van der Waals surface area contributed by atoms with Gasteiger partial charge in [0.2, 0.25) is 5.91 Å². The van der Waals surface area contributed by atoms with Gasteiger partial charge < -0.3 is 14.6 Å². The van der Waals surface area contributed by atoms with E-state index in [9.17, 15) is 18.0 Å². The number of sulfone groups is 1. The van der Waals surface area contributed by atoms with Gasteiger partial charge in [-0.05, 0) is 18.2 Å². The van der Waals surface area contributed by atoms with Crippen LogP contribution in [0, 0.1) is 12.3 Å². The highest BCUT2D eigenvalue weighted by atomic mass is 32.2. The number of nitrogens with one attached hydrogen (secondary N) is 1. The van der Waals surface area contributed by atoms with E-state index in [1.165, 1.54) is 29.8 Å². The molecule has 2 amide bonds. The van der Waals surface area contributed by atoms with Gasteiger partial charge in [0, 0.05) is 10.9 Å². The van der Waals surface area contributed by atoms with Gasteiger partial charge in [0.15, 0.2) is 19.8 Å². The Kier molecular flexibility index (Phi) is 7.64. The highest BCUT2D eigenvalue weighted by Gasteiger charge is 2.22. The SMILES string of the molecule is C#CCn1c(=NC(=O)CS(=O)(=O)CC(=O)Nc2nc(-c3ccccc3)cs2)sc2cc(OC)ccc21. The van der Waals surface area contributed by atoms with Gasteiger partial charge in [-0.1, -0.05) is 47.6 Å². The summed E-state index contributed by atoms with van der Waals surface area (Å²) in [6.45, 7) is 0.145. The summed E-state index contributed by atoms with van der Waals surface area (Å²) in [4.78, 5) is 33.4. The van der Waals surface area contributed by atoms with Crippen molar-refractivity contribution in [3.63, 3.8) is 0 Å². The minimum absolute atomic E-state index is 0.145. The largest absolute Gasteiger partial charge is 0.497 e. The normalized spacial score (nSPS) is 11.8. The highest BCUT2D eigenvalue weighted by Crippen LogP contribution is 2.25. The number of hydrogen-bond donors (Lipinski definition) is 1. The second-order valence-corrected chi connectivity index (χ2v) is 11.4. The number of rotatable bonds is 8. The molecule has 1 N–H and O–H groups in total. The van der Waals surface area contributed by atoms with E-state index in [0.29, 0.717) is 11.4 Å². The maximum absolute atomic E-state index is 12.5. The van der Waals surface area contributed by atoms with Crippen LogP contribution in [-0.2, 0) is 26.0 Å². The zero-order chi connectivity index (χ0) is 25.7. The third kappa shape index (κ3) is 6.06. The van der Waals surface area contributed by atoms with E-state index in [1.54, 1.807) is 28.1 Å². The van der Waals surface area contributed by atoms with Gasteiger partial charge in [-0.3, -0.25) is 9.59 Å². The lowest BCUT2D eigenvalue weighted by Gasteiger charge is -2.03. The predicted octanol–water partition coefficient (Wildman–Crippen LogP) is 2.95. The Labute approximate surface area is 215 Å². The number of hydrogen-bond acceptors (Lipinski definition) is 8. The fourth-order valence-electron chi connectivity index (χ4n) is 3.32. The smallest absolute Gasteiger partial charge is 0.263 e. The van der Waals surface area contributed by atoms with Crippen LogP contribution in [0.15, 0.2) is 58.9 Å². The van der Waals surface area contributed by atoms with Crippen molar-refractivity contribution < 1.29 is 22.7 Å². The summed E-state index contributed by atoms with van der Waals surface area (Å²) in [5.41, 5.74) is 2.27. The molecule has 0 saturated heterocycles. The maximum Gasteiger partial charge on any atom is 0.263 e. The standard InChI is InChI=1S/C24H20N4O5S3/c1-3-11-28-19-10-9-17(33-2)12-20(19)35-24(28)27-22(30)15-36(31,32)14-21(29)26-23-25-18(13-34-23)16-7-5-4-6-8-16/h1,4-10,12-13H,11,14-15H2,2H3,(H,25,26,29). The third-order valence-electron chi connectivity index (χ3n) is 4.87. The Morgan fingerprint density at radius 3 is 2.69 bits per heavy atom. The molecule has 36 heavy (non-hydrogen) atoms. The summed E-state index contributed by atoms with van der Waals surface area (Å²) in [6, 6.07) is 14.7. The lowest BCUT2D eigenvalue weighted by Crippen LogP contribution is -2.28. The second-order valence-electron chi connectivity index (χ2n) is 7.50. The summed E-state index contributed by atoms with van der Waals surface area (Å²) in [6.07, 6.45) is 5.46. The first-order valence-electron chi connectivity index (χ1n) is 10.5. The van der Waals surface area contributed by atoms with Crippen LogP contribution in [0.1, 0.15) is 0 Å². The molecule has 4 aromatic rings. The van der Waals surface area contributed by atoms with Crippen molar-refractivity contribution >= 4 is 59.7 Å². The Balaban J connectivity index is 1.45. The Morgan fingerprint density at radius 1 is 1.19 bits per heavy atom. The van der Waals surface area contributed by atoms with Crippen molar-refractivity contribution in [2.75, 3.05) is 23.9 Å². The number of aromatic nitrogens is 2. The number of nitrogens with zero attached hydrogens (tertiary/aromatic N) is 3. The number of carbonyl (C=O) groups is 2. The Morgan fingerprint density at radius 2 is 1.97 bits per heavy atom. The number of benzene rings is 2. The molecule has 0 spiro atoms. The molecule has 0 aliphatic rings. The molecule has 0 aliphatic carbocycles. The number of thiazole rings is 2. The first-order chi connectivity index (χ1) is 17.3. The van der Waals surface area contributed by atoms with Crippen LogP contribution in [0.2, 0.25) is 0 Å². The van der Waals surface area contributed by atoms with E-state index in [1.807, 2.05) is 30.3 Å². The molecule has 0 fully saturated rings. The highest BCUT2D eigenvalue weighted by molar-refractivity contribution is 7.92. The Bertz CT molecular complexity index is 1640. The first kappa shape index (κ1) is 25.3. The predicted molar refractivity (Wildman–Crippen MR) is 141 cm³/mol. The minimum atomic E-state index is -4.07. The number of carbonyl (C=O) groups excluding carboxylic acids is 2. The summed E-state index contributed by atoms with van der Waals surface area (Å²) < 4.78 is 32.7. The summed E-state index contributed by atoms with van der Waals surface area (Å²) in [5, 5.41) is 4.50. The molecule has 2 heterocycles. The van der Waals surface area contributed by atoms with Gasteiger partial charge in [0.1, 0.15) is 17.3 Å². The van der Waals surface area contributed by atoms with E-state index >= 15 is 0 Å². The number of ether oxygens (including phenoxy) is 1. The zero-order valence-corrected chi connectivity index (χ0v) is 21.5. The fourth-order valence-corrected chi connectivity index (χ4v) is 6.14. The zero-order valence-electron chi connectivity index (χ0n) is 19.0. The molecule has 9 nitrogen and oxygen atoms in total. The monoisotopic (exact) mass is 540 g/mol.